The number of nitrogens with zero attached hydrogens (tertiary/aromatic N) is 3. The predicted octanol–water partition coefficient (Wildman–Crippen LogP) is 3.44. The highest BCUT2D eigenvalue weighted by atomic mass is 19.3. The maximum atomic E-state index is 13.0. The van der Waals surface area contributed by atoms with Crippen molar-refractivity contribution in [2.45, 2.75) is 39.8 Å². The highest BCUT2D eigenvalue weighted by molar-refractivity contribution is 6.01. The van der Waals surface area contributed by atoms with Gasteiger partial charge in [-0.05, 0) is 19.1 Å². The minimum absolute atomic E-state index is 0.00650. The number of methoxy groups -OCH3 is 1. The van der Waals surface area contributed by atoms with E-state index in [4.69, 9.17) is 9.47 Å². The van der Waals surface area contributed by atoms with Crippen LogP contribution in [0.2, 0.25) is 0 Å². The Morgan fingerprint density at radius 3 is 2.65 bits per heavy atom. The Hall–Kier alpha value is -3.30. The molecule has 0 saturated heterocycles. The molecule has 2 aromatic rings. The van der Waals surface area contributed by atoms with Gasteiger partial charge in [0.1, 0.15) is 5.82 Å². The Morgan fingerprint density at radius 2 is 2.00 bits per heavy atom. The monoisotopic (exact) mass is 434 g/mol. The molecule has 0 saturated carbocycles. The molecule has 0 aliphatic carbocycles. The Morgan fingerprint density at radius 1 is 1.26 bits per heavy atom. The summed E-state index contributed by atoms with van der Waals surface area (Å²) in [6.07, 6.45) is -1.14. The molecule has 166 valence electrons. The van der Waals surface area contributed by atoms with Crippen molar-refractivity contribution in [3.63, 3.8) is 0 Å². The molecule has 1 aliphatic heterocycles. The molecule has 1 atom stereocenters. The van der Waals surface area contributed by atoms with Crippen LogP contribution in [0.25, 0.3) is 0 Å². The summed E-state index contributed by atoms with van der Waals surface area (Å²) in [6.45, 7) is 4.81. The van der Waals surface area contributed by atoms with Gasteiger partial charge in [-0.25, -0.2) is 13.8 Å². The van der Waals surface area contributed by atoms with E-state index in [9.17, 15) is 18.4 Å². The number of rotatable bonds is 8. The van der Waals surface area contributed by atoms with E-state index in [0.717, 1.165) is 0 Å². The Labute approximate surface area is 178 Å². The lowest BCUT2D eigenvalue weighted by Crippen LogP contribution is -2.27. The number of anilines is 1. The zero-order valence-corrected chi connectivity index (χ0v) is 17.7. The molecule has 31 heavy (non-hydrogen) atoms. The van der Waals surface area contributed by atoms with Gasteiger partial charge in [0.25, 0.3) is 12.3 Å². The van der Waals surface area contributed by atoms with Crippen molar-refractivity contribution in [3.8, 4) is 11.8 Å². The second-order valence-corrected chi connectivity index (χ2v) is 7.39. The number of carbonyl (C=O) groups excluding carboxylic acids is 2. The van der Waals surface area contributed by atoms with Crippen LogP contribution in [-0.2, 0) is 11.3 Å². The van der Waals surface area contributed by atoms with Crippen LogP contribution in [0, 0.1) is 5.92 Å². The number of hydrogen-bond acceptors (Lipinski definition) is 6. The van der Waals surface area contributed by atoms with Gasteiger partial charge in [0.15, 0.2) is 6.61 Å². The first-order valence-corrected chi connectivity index (χ1v) is 9.78. The highest BCUT2D eigenvalue weighted by Crippen LogP contribution is 2.37. The number of amides is 2. The number of ether oxygens (including phenoxy) is 2. The average Bonchev–Trinajstić information content (AvgIpc) is 3.09. The molecule has 0 spiro atoms. The largest absolute Gasteiger partial charge is 0.481 e. The molecular weight excluding hydrogens is 410 g/mol. The molecule has 1 aliphatic rings. The molecule has 2 amide bonds. The molecule has 8 nitrogen and oxygen atoms in total. The molecule has 1 N–H and O–H groups in total. The SMILES string of the molecule is COc1nc(OCC(F)F)ccc1C(C)N1Cc2c(ccnc2NC(=O)C(C)C)C1=O. The maximum absolute atomic E-state index is 13.0. The third kappa shape index (κ3) is 4.73. The van der Waals surface area contributed by atoms with E-state index in [-0.39, 0.29) is 36.0 Å². The van der Waals surface area contributed by atoms with E-state index < -0.39 is 19.1 Å². The number of alkyl halides is 2. The molecule has 0 bridgehead atoms. The number of pyridine rings is 2. The molecule has 3 heterocycles. The second kappa shape index (κ2) is 9.23. The van der Waals surface area contributed by atoms with Gasteiger partial charge in [0.2, 0.25) is 17.7 Å². The van der Waals surface area contributed by atoms with Gasteiger partial charge in [-0.2, -0.15) is 4.98 Å². The zero-order valence-electron chi connectivity index (χ0n) is 17.7. The van der Waals surface area contributed by atoms with Crippen molar-refractivity contribution in [3.05, 3.63) is 41.1 Å². The fourth-order valence-electron chi connectivity index (χ4n) is 3.24. The van der Waals surface area contributed by atoms with E-state index in [1.54, 1.807) is 30.9 Å². The number of hydrogen-bond donors (Lipinski definition) is 1. The number of halogens is 2. The maximum Gasteiger partial charge on any atom is 0.272 e. The van der Waals surface area contributed by atoms with Crippen LogP contribution < -0.4 is 14.8 Å². The van der Waals surface area contributed by atoms with Crippen molar-refractivity contribution in [1.29, 1.82) is 0 Å². The lowest BCUT2D eigenvalue weighted by Gasteiger charge is -2.25. The standard InChI is InChI=1S/C21H24F2N4O4/c1-11(2)19(28)26-18-15-9-27(21(29)14(15)7-8-24-18)12(3)13-5-6-17(25-20(13)30-4)31-10-16(22)23/h5-8,11-12,16H,9-10H2,1-4H3,(H,24,26,28). The fourth-order valence-corrected chi connectivity index (χ4v) is 3.24. The van der Waals surface area contributed by atoms with Crippen LogP contribution in [0.3, 0.4) is 0 Å². The third-order valence-corrected chi connectivity index (χ3v) is 4.97. The Kier molecular flexibility index (Phi) is 6.67. The van der Waals surface area contributed by atoms with Crippen LogP contribution >= 0.6 is 0 Å². The molecule has 1 unspecified atom stereocenters. The predicted molar refractivity (Wildman–Crippen MR) is 108 cm³/mol. The summed E-state index contributed by atoms with van der Waals surface area (Å²) in [5.41, 5.74) is 1.69. The number of aromatic nitrogens is 2. The van der Waals surface area contributed by atoms with Gasteiger partial charge >= 0.3 is 0 Å². The smallest absolute Gasteiger partial charge is 0.272 e. The molecule has 0 radical (unpaired) electrons. The molecule has 0 fully saturated rings. The third-order valence-electron chi connectivity index (χ3n) is 4.97. The first kappa shape index (κ1) is 22.4. The van der Waals surface area contributed by atoms with Crippen molar-refractivity contribution in [1.82, 2.24) is 14.9 Å². The Balaban J connectivity index is 1.85. The van der Waals surface area contributed by atoms with Gasteiger partial charge in [-0.3, -0.25) is 9.59 Å². The number of fused-ring (bicyclic) bond motifs is 1. The van der Waals surface area contributed by atoms with E-state index in [0.29, 0.717) is 22.5 Å². The minimum atomic E-state index is -2.62. The summed E-state index contributed by atoms with van der Waals surface area (Å²) in [7, 11) is 1.40. The number of nitrogens with one attached hydrogen (secondary N) is 1. The van der Waals surface area contributed by atoms with Crippen molar-refractivity contribution in [2.24, 2.45) is 5.92 Å². The molecule has 0 aromatic carbocycles. The summed E-state index contributed by atoms with van der Waals surface area (Å²) in [5.74, 6) is -0.0948. The summed E-state index contributed by atoms with van der Waals surface area (Å²) in [6, 6.07) is 4.26. The lowest BCUT2D eigenvalue weighted by molar-refractivity contribution is -0.118. The van der Waals surface area contributed by atoms with Crippen molar-refractivity contribution < 1.29 is 27.8 Å². The van der Waals surface area contributed by atoms with Crippen LogP contribution in [-0.4, -0.2) is 46.8 Å². The quantitative estimate of drug-likeness (QED) is 0.684. The van der Waals surface area contributed by atoms with E-state index in [1.165, 1.54) is 19.4 Å². The van der Waals surface area contributed by atoms with Crippen LogP contribution in [0.15, 0.2) is 24.4 Å². The highest BCUT2D eigenvalue weighted by Gasteiger charge is 2.35. The van der Waals surface area contributed by atoms with Crippen molar-refractivity contribution >= 4 is 17.6 Å². The Bertz CT molecular complexity index is 984. The summed E-state index contributed by atoms with van der Waals surface area (Å²) in [5, 5.41) is 2.77. The van der Waals surface area contributed by atoms with Crippen LogP contribution in [0.4, 0.5) is 14.6 Å². The van der Waals surface area contributed by atoms with Gasteiger partial charge < -0.3 is 19.7 Å². The van der Waals surface area contributed by atoms with Crippen molar-refractivity contribution in [2.75, 3.05) is 19.0 Å². The number of carbonyl (C=O) groups is 2. The van der Waals surface area contributed by atoms with E-state index in [2.05, 4.69) is 15.3 Å². The van der Waals surface area contributed by atoms with Gasteiger partial charge in [0.05, 0.1) is 19.7 Å². The normalized spacial score (nSPS) is 14.1. The van der Waals surface area contributed by atoms with Gasteiger partial charge in [-0.15, -0.1) is 0 Å². The van der Waals surface area contributed by atoms with E-state index in [1.807, 2.05) is 6.92 Å². The lowest BCUT2D eigenvalue weighted by atomic mass is 10.1. The first-order valence-electron chi connectivity index (χ1n) is 9.78. The van der Waals surface area contributed by atoms with Gasteiger partial charge in [-0.1, -0.05) is 13.8 Å². The summed E-state index contributed by atoms with van der Waals surface area (Å²) < 4.78 is 35.0. The average molecular weight is 434 g/mol. The molecule has 2 aromatic heterocycles. The summed E-state index contributed by atoms with van der Waals surface area (Å²) >= 11 is 0. The fraction of sp³-hybridized carbons (Fsp3) is 0.429. The van der Waals surface area contributed by atoms with Crippen LogP contribution in [0.5, 0.6) is 11.8 Å². The topological polar surface area (TPSA) is 93.7 Å². The molecule has 3 rings (SSSR count). The second-order valence-electron chi connectivity index (χ2n) is 7.39. The summed E-state index contributed by atoms with van der Waals surface area (Å²) in [4.78, 5) is 35.1. The molecule has 10 heteroatoms. The first-order chi connectivity index (χ1) is 14.7. The van der Waals surface area contributed by atoms with Gasteiger partial charge in [0, 0.05) is 34.9 Å². The zero-order chi connectivity index (χ0) is 22.7. The minimum Gasteiger partial charge on any atom is -0.481 e. The van der Waals surface area contributed by atoms with E-state index >= 15 is 0 Å². The molecular formula is C21H24F2N4O4. The van der Waals surface area contributed by atoms with Crippen LogP contribution in [0.1, 0.15) is 48.3 Å².